The number of aromatic nitrogens is 2. The fraction of sp³-hybridized carbons (Fsp3) is 0.238. The highest BCUT2D eigenvalue weighted by atomic mass is 32.2. The van der Waals surface area contributed by atoms with E-state index in [0.29, 0.717) is 31.9 Å². The van der Waals surface area contributed by atoms with Crippen LogP contribution in [-0.4, -0.2) is 56.0 Å². The maximum atomic E-state index is 13.0. The second-order valence-electron chi connectivity index (χ2n) is 6.70. The number of sulfonamides is 1. The Labute approximate surface area is 170 Å². The predicted octanol–water partition coefficient (Wildman–Crippen LogP) is 2.66. The molecule has 0 radical (unpaired) electrons. The minimum absolute atomic E-state index is 0.249. The second kappa shape index (κ2) is 8.18. The zero-order valence-corrected chi connectivity index (χ0v) is 16.9. The second-order valence-corrected chi connectivity index (χ2v) is 8.64. The lowest BCUT2D eigenvalue weighted by molar-refractivity contribution is 0.382. The normalized spacial score (nSPS) is 15.3. The molecule has 0 aliphatic carbocycles. The third kappa shape index (κ3) is 4.08. The largest absolute Gasteiger partial charge is 0.497 e. The average Bonchev–Trinajstić information content (AvgIpc) is 2.80. The van der Waals surface area contributed by atoms with E-state index in [1.165, 1.54) is 11.4 Å². The minimum Gasteiger partial charge on any atom is -0.497 e. The van der Waals surface area contributed by atoms with Gasteiger partial charge in [0.25, 0.3) is 0 Å². The number of hydrogen-bond donors (Lipinski definition) is 0. The van der Waals surface area contributed by atoms with Gasteiger partial charge in [-0.05, 0) is 12.1 Å². The lowest BCUT2D eigenvalue weighted by Gasteiger charge is -2.34. The molecule has 3 aromatic rings. The smallest absolute Gasteiger partial charge is 0.243 e. The number of ether oxygens (including phenoxy) is 1. The maximum absolute atomic E-state index is 13.0. The summed E-state index contributed by atoms with van der Waals surface area (Å²) >= 11 is 0. The molecule has 1 aliphatic heterocycles. The van der Waals surface area contributed by atoms with Gasteiger partial charge >= 0.3 is 0 Å². The highest BCUT2D eigenvalue weighted by Gasteiger charge is 2.29. The fourth-order valence-electron chi connectivity index (χ4n) is 3.36. The Morgan fingerprint density at radius 3 is 2.38 bits per heavy atom. The Morgan fingerprint density at radius 1 is 0.897 bits per heavy atom. The summed E-state index contributed by atoms with van der Waals surface area (Å²) < 4.78 is 32.6. The monoisotopic (exact) mass is 410 g/mol. The van der Waals surface area contributed by atoms with E-state index < -0.39 is 10.0 Å². The standard InChI is InChI=1S/C21H22N4O3S/c1-28-18-8-5-9-19(14-18)29(26,27)25-12-10-24(11-13-25)21-15-20(22-16-23-21)17-6-3-2-4-7-17/h2-9,14-16H,10-13H2,1H3. The lowest BCUT2D eigenvalue weighted by Crippen LogP contribution is -2.48. The lowest BCUT2D eigenvalue weighted by atomic mass is 10.1. The molecule has 8 heteroatoms. The van der Waals surface area contributed by atoms with Gasteiger partial charge in [0.1, 0.15) is 17.9 Å². The summed E-state index contributed by atoms with van der Waals surface area (Å²) in [4.78, 5) is 11.1. The van der Waals surface area contributed by atoms with E-state index in [1.54, 1.807) is 30.6 Å². The van der Waals surface area contributed by atoms with Crippen LogP contribution in [0.4, 0.5) is 5.82 Å². The summed E-state index contributed by atoms with van der Waals surface area (Å²) in [5.41, 5.74) is 1.87. The van der Waals surface area contributed by atoms with Crippen LogP contribution in [0.25, 0.3) is 11.3 Å². The van der Waals surface area contributed by atoms with Gasteiger partial charge in [0, 0.05) is 43.9 Å². The topological polar surface area (TPSA) is 75.6 Å². The molecular formula is C21H22N4O3S. The summed E-state index contributed by atoms with van der Waals surface area (Å²) in [6.45, 7) is 1.91. The first-order valence-electron chi connectivity index (χ1n) is 9.34. The number of piperazine rings is 1. The van der Waals surface area contributed by atoms with Crippen molar-refractivity contribution in [3.05, 3.63) is 67.0 Å². The Kier molecular flexibility index (Phi) is 5.46. The number of nitrogens with zero attached hydrogens (tertiary/aromatic N) is 4. The number of methoxy groups -OCH3 is 1. The van der Waals surface area contributed by atoms with E-state index in [9.17, 15) is 8.42 Å². The van der Waals surface area contributed by atoms with E-state index in [0.717, 1.165) is 17.1 Å². The first-order chi connectivity index (χ1) is 14.1. The molecule has 0 amide bonds. The molecule has 1 aliphatic rings. The third-order valence-electron chi connectivity index (χ3n) is 4.96. The summed E-state index contributed by atoms with van der Waals surface area (Å²) in [7, 11) is -2.03. The number of hydrogen-bond acceptors (Lipinski definition) is 6. The van der Waals surface area contributed by atoms with Crippen molar-refractivity contribution < 1.29 is 13.2 Å². The Bertz CT molecular complexity index is 1080. The molecule has 0 bridgehead atoms. The van der Waals surface area contributed by atoms with Crippen LogP contribution in [0.15, 0.2) is 71.9 Å². The quantitative estimate of drug-likeness (QED) is 0.644. The molecule has 1 fully saturated rings. The van der Waals surface area contributed by atoms with E-state index >= 15 is 0 Å². The number of benzene rings is 2. The molecule has 1 aromatic heterocycles. The van der Waals surface area contributed by atoms with Crippen LogP contribution in [0.2, 0.25) is 0 Å². The van der Waals surface area contributed by atoms with E-state index in [2.05, 4.69) is 14.9 Å². The zero-order chi connectivity index (χ0) is 20.3. The third-order valence-corrected chi connectivity index (χ3v) is 6.86. The number of rotatable bonds is 5. The summed E-state index contributed by atoms with van der Waals surface area (Å²) in [6.07, 6.45) is 1.55. The van der Waals surface area contributed by atoms with Crippen molar-refractivity contribution in [3.63, 3.8) is 0 Å². The van der Waals surface area contributed by atoms with Crippen LogP contribution in [0, 0.1) is 0 Å². The summed E-state index contributed by atoms with van der Waals surface area (Å²) in [6, 6.07) is 18.4. The fourth-order valence-corrected chi connectivity index (χ4v) is 4.81. The molecule has 0 N–H and O–H groups in total. The van der Waals surface area contributed by atoms with Gasteiger partial charge < -0.3 is 9.64 Å². The van der Waals surface area contributed by atoms with Gasteiger partial charge in [0.05, 0.1) is 17.7 Å². The van der Waals surface area contributed by atoms with E-state index in [-0.39, 0.29) is 4.90 Å². The van der Waals surface area contributed by atoms with Crippen LogP contribution in [0.3, 0.4) is 0 Å². The first kappa shape index (κ1) is 19.4. The molecule has 0 saturated carbocycles. The Morgan fingerprint density at radius 2 is 1.66 bits per heavy atom. The van der Waals surface area contributed by atoms with Crippen molar-refractivity contribution in [1.82, 2.24) is 14.3 Å². The molecule has 4 rings (SSSR count). The van der Waals surface area contributed by atoms with Crippen molar-refractivity contribution in [1.29, 1.82) is 0 Å². The Hall–Kier alpha value is -2.97. The average molecular weight is 410 g/mol. The molecule has 150 valence electrons. The predicted molar refractivity (Wildman–Crippen MR) is 111 cm³/mol. The van der Waals surface area contributed by atoms with Crippen LogP contribution in [0.5, 0.6) is 5.75 Å². The van der Waals surface area contributed by atoms with Crippen LogP contribution in [0.1, 0.15) is 0 Å². The van der Waals surface area contributed by atoms with Gasteiger partial charge in [-0.1, -0.05) is 36.4 Å². The first-order valence-corrected chi connectivity index (χ1v) is 10.8. The van der Waals surface area contributed by atoms with Gasteiger partial charge in [-0.25, -0.2) is 18.4 Å². The SMILES string of the molecule is COc1cccc(S(=O)(=O)N2CCN(c3cc(-c4ccccc4)ncn3)CC2)c1. The molecule has 0 atom stereocenters. The molecule has 29 heavy (non-hydrogen) atoms. The van der Waals surface area contributed by atoms with Gasteiger partial charge in [-0.15, -0.1) is 0 Å². The van der Waals surface area contributed by atoms with E-state index in [4.69, 9.17) is 4.74 Å². The summed E-state index contributed by atoms with van der Waals surface area (Å²) in [5, 5.41) is 0. The van der Waals surface area contributed by atoms with Crippen molar-refractivity contribution in [2.24, 2.45) is 0 Å². The van der Waals surface area contributed by atoms with Gasteiger partial charge in [0.2, 0.25) is 10.0 Å². The molecule has 0 spiro atoms. The molecule has 0 unspecified atom stereocenters. The van der Waals surface area contributed by atoms with Gasteiger partial charge in [0.15, 0.2) is 0 Å². The number of anilines is 1. The molecule has 2 heterocycles. The maximum Gasteiger partial charge on any atom is 0.243 e. The molecule has 1 saturated heterocycles. The van der Waals surface area contributed by atoms with Crippen molar-refractivity contribution >= 4 is 15.8 Å². The van der Waals surface area contributed by atoms with Crippen LogP contribution < -0.4 is 9.64 Å². The van der Waals surface area contributed by atoms with Gasteiger partial charge in [-0.3, -0.25) is 0 Å². The highest BCUT2D eigenvalue weighted by Crippen LogP contribution is 2.24. The summed E-state index contributed by atoms with van der Waals surface area (Å²) in [5.74, 6) is 1.33. The minimum atomic E-state index is -3.56. The van der Waals surface area contributed by atoms with Crippen LogP contribution >= 0.6 is 0 Å². The van der Waals surface area contributed by atoms with Crippen molar-refractivity contribution in [2.75, 3.05) is 38.2 Å². The van der Waals surface area contributed by atoms with Gasteiger partial charge in [-0.2, -0.15) is 4.31 Å². The Balaban J connectivity index is 1.48. The molecule has 7 nitrogen and oxygen atoms in total. The molecular weight excluding hydrogens is 388 g/mol. The van der Waals surface area contributed by atoms with Crippen molar-refractivity contribution in [3.8, 4) is 17.0 Å². The molecule has 2 aromatic carbocycles. The zero-order valence-electron chi connectivity index (χ0n) is 16.1. The van der Waals surface area contributed by atoms with Crippen LogP contribution in [-0.2, 0) is 10.0 Å². The van der Waals surface area contributed by atoms with Crippen molar-refractivity contribution in [2.45, 2.75) is 4.90 Å². The highest BCUT2D eigenvalue weighted by molar-refractivity contribution is 7.89. The van der Waals surface area contributed by atoms with E-state index in [1.807, 2.05) is 36.4 Å².